The number of carbonyl (C=O) groups is 3. The van der Waals surface area contributed by atoms with Crippen molar-refractivity contribution in [2.24, 2.45) is 0 Å². The zero-order valence-electron chi connectivity index (χ0n) is 17.6. The molecule has 1 saturated heterocycles. The van der Waals surface area contributed by atoms with E-state index >= 15 is 0 Å². The topological polar surface area (TPSA) is 83.4 Å². The van der Waals surface area contributed by atoms with E-state index in [1.54, 1.807) is 24.3 Å². The molecule has 2 heterocycles. The van der Waals surface area contributed by atoms with E-state index in [1.165, 1.54) is 10.5 Å². The largest absolute Gasteiger partial charge is 0.341 e. The van der Waals surface area contributed by atoms with Crippen LogP contribution in [0.15, 0.2) is 66.7 Å². The summed E-state index contributed by atoms with van der Waals surface area (Å²) in [5, 5.41) is 6.43. The smallest absolute Gasteiger partial charge is 0.255 e. The molecule has 0 aliphatic carbocycles. The maximum atomic E-state index is 12.8. The van der Waals surface area contributed by atoms with Crippen molar-refractivity contribution in [3.63, 3.8) is 0 Å². The van der Waals surface area contributed by atoms with Crippen LogP contribution in [-0.4, -0.2) is 22.3 Å². The first kappa shape index (κ1) is 19.8. The molecule has 32 heavy (non-hydrogen) atoms. The van der Waals surface area contributed by atoms with Gasteiger partial charge in [-0.05, 0) is 55.5 Å². The van der Waals surface area contributed by atoms with Crippen LogP contribution >= 0.6 is 0 Å². The number of carbonyl (C=O) groups excluding carboxylic acids is 3. The van der Waals surface area contributed by atoms with Crippen molar-refractivity contribution in [3.8, 4) is 0 Å². The van der Waals surface area contributed by atoms with Crippen molar-refractivity contribution < 1.29 is 14.4 Å². The summed E-state index contributed by atoms with van der Waals surface area (Å²) in [7, 11) is 0. The number of benzene rings is 3. The highest BCUT2D eigenvalue weighted by Gasteiger charge is 2.24. The molecular weight excluding hydrogens is 404 g/mol. The third-order valence-corrected chi connectivity index (χ3v) is 5.79. The first-order chi connectivity index (χ1) is 15.5. The molecule has 0 unspecified atom stereocenters. The number of nitrogens with one attached hydrogen (secondary N) is 2. The average Bonchev–Trinajstić information content (AvgIpc) is 3.14. The second-order valence-corrected chi connectivity index (χ2v) is 7.76. The van der Waals surface area contributed by atoms with E-state index in [1.807, 2.05) is 30.3 Å². The van der Waals surface area contributed by atoms with Crippen molar-refractivity contribution in [1.82, 2.24) is 9.99 Å². The second-order valence-electron chi connectivity index (χ2n) is 7.76. The Labute approximate surface area is 184 Å². The Hall–Kier alpha value is -4.13. The van der Waals surface area contributed by atoms with Crippen molar-refractivity contribution >= 4 is 50.9 Å². The molecule has 7 heteroatoms. The molecular formula is C25H22N4O3. The number of para-hydroxylation sites is 1. The molecule has 3 aromatic carbocycles. The van der Waals surface area contributed by atoms with E-state index in [2.05, 4.69) is 34.4 Å². The van der Waals surface area contributed by atoms with Crippen molar-refractivity contribution in [2.75, 3.05) is 10.3 Å². The molecule has 1 fully saturated rings. The van der Waals surface area contributed by atoms with Gasteiger partial charge in [-0.3, -0.25) is 19.8 Å². The Bertz CT molecular complexity index is 1370. The minimum atomic E-state index is -0.246. The molecule has 4 aromatic rings. The third kappa shape index (κ3) is 3.37. The summed E-state index contributed by atoms with van der Waals surface area (Å²) in [5.74, 6) is -0.628. The molecule has 7 nitrogen and oxygen atoms in total. The number of amides is 3. The first-order valence-corrected chi connectivity index (χ1v) is 10.6. The maximum absolute atomic E-state index is 12.8. The highest BCUT2D eigenvalue weighted by molar-refractivity contribution is 6.11. The van der Waals surface area contributed by atoms with Gasteiger partial charge in [0.15, 0.2) is 0 Å². The summed E-state index contributed by atoms with van der Waals surface area (Å²) in [6.07, 6.45) is 0.363. The normalized spacial score (nSPS) is 14.1. The number of anilines is 2. The van der Waals surface area contributed by atoms with Crippen molar-refractivity contribution in [2.45, 2.75) is 26.3 Å². The van der Waals surface area contributed by atoms with Crippen LogP contribution in [-0.2, 0) is 16.1 Å². The minimum absolute atomic E-state index is 0.172. The van der Waals surface area contributed by atoms with E-state index in [0.29, 0.717) is 16.9 Å². The molecule has 0 spiro atoms. The number of rotatable bonds is 4. The lowest BCUT2D eigenvalue weighted by Gasteiger charge is -2.27. The van der Waals surface area contributed by atoms with Crippen LogP contribution in [0.5, 0.6) is 0 Å². The third-order valence-electron chi connectivity index (χ3n) is 5.79. The van der Waals surface area contributed by atoms with Gasteiger partial charge in [0.25, 0.3) is 5.91 Å². The zero-order valence-corrected chi connectivity index (χ0v) is 17.6. The van der Waals surface area contributed by atoms with Crippen LogP contribution in [0.2, 0.25) is 0 Å². The number of hydrazine groups is 1. The summed E-state index contributed by atoms with van der Waals surface area (Å²) in [5.41, 5.74) is 6.54. The lowest BCUT2D eigenvalue weighted by Crippen LogP contribution is -2.50. The number of hydrogen-bond acceptors (Lipinski definition) is 3. The minimum Gasteiger partial charge on any atom is -0.341 e. The van der Waals surface area contributed by atoms with Gasteiger partial charge in [-0.2, -0.15) is 0 Å². The van der Waals surface area contributed by atoms with E-state index in [0.717, 1.165) is 22.8 Å². The van der Waals surface area contributed by atoms with Crippen molar-refractivity contribution in [3.05, 3.63) is 72.3 Å². The Morgan fingerprint density at radius 3 is 2.47 bits per heavy atom. The van der Waals surface area contributed by atoms with Gasteiger partial charge < -0.3 is 9.88 Å². The number of aryl methyl sites for hydroxylation is 1. The van der Waals surface area contributed by atoms with Crippen LogP contribution in [0, 0.1) is 0 Å². The fraction of sp³-hybridized carbons (Fsp3) is 0.160. The van der Waals surface area contributed by atoms with Gasteiger partial charge >= 0.3 is 0 Å². The number of aromatic nitrogens is 1. The van der Waals surface area contributed by atoms with E-state index in [4.69, 9.17) is 0 Å². The van der Waals surface area contributed by atoms with Gasteiger partial charge in [0.1, 0.15) is 0 Å². The lowest BCUT2D eigenvalue weighted by molar-refractivity contribution is -0.130. The van der Waals surface area contributed by atoms with E-state index < -0.39 is 0 Å². The van der Waals surface area contributed by atoms with Gasteiger partial charge in [-0.25, -0.2) is 5.01 Å². The molecule has 0 bridgehead atoms. The summed E-state index contributed by atoms with van der Waals surface area (Å²) >= 11 is 0. The monoisotopic (exact) mass is 426 g/mol. The molecule has 0 saturated carbocycles. The Kier molecular flexibility index (Phi) is 4.86. The number of fused-ring (bicyclic) bond motifs is 3. The molecule has 160 valence electrons. The fourth-order valence-electron chi connectivity index (χ4n) is 4.22. The highest BCUT2D eigenvalue weighted by Crippen LogP contribution is 2.31. The Balaban J connectivity index is 1.39. The number of hydrogen-bond donors (Lipinski definition) is 2. The van der Waals surface area contributed by atoms with Gasteiger partial charge in [-0.1, -0.05) is 18.2 Å². The SMILES string of the molecule is CCn1c2ccccc2c2cc(NC(=O)c3ccc(N4NC(=O)CCC4=O)cc3)ccc21. The first-order valence-electron chi connectivity index (χ1n) is 10.6. The molecule has 2 N–H and O–H groups in total. The molecule has 0 radical (unpaired) electrons. The second kappa shape index (κ2) is 7.85. The molecule has 1 aliphatic rings. The molecule has 0 atom stereocenters. The average molecular weight is 426 g/mol. The van der Waals surface area contributed by atoms with Gasteiger partial charge in [-0.15, -0.1) is 0 Å². The standard InChI is InChI=1S/C25H22N4O3/c1-2-28-21-6-4-3-5-19(21)20-15-17(9-12-22(20)28)26-25(32)16-7-10-18(11-8-16)29-24(31)14-13-23(30)27-29/h3-12,15H,2,13-14H2,1H3,(H,26,32)(H,27,30). The Morgan fingerprint density at radius 1 is 0.938 bits per heavy atom. The summed E-state index contributed by atoms with van der Waals surface area (Å²) in [6, 6.07) is 20.8. The highest BCUT2D eigenvalue weighted by atomic mass is 16.2. The Morgan fingerprint density at radius 2 is 1.69 bits per heavy atom. The predicted octanol–water partition coefficient (Wildman–Crippen LogP) is 4.22. The van der Waals surface area contributed by atoms with Crippen LogP contribution in [0.1, 0.15) is 30.1 Å². The van der Waals surface area contributed by atoms with E-state index in [-0.39, 0.29) is 30.6 Å². The van der Waals surface area contributed by atoms with Crippen molar-refractivity contribution in [1.29, 1.82) is 0 Å². The zero-order chi connectivity index (χ0) is 22.2. The van der Waals surface area contributed by atoms with Crippen LogP contribution < -0.4 is 15.8 Å². The van der Waals surface area contributed by atoms with Crippen LogP contribution in [0.3, 0.4) is 0 Å². The number of nitrogens with zero attached hydrogens (tertiary/aromatic N) is 2. The van der Waals surface area contributed by atoms with Gasteiger partial charge in [0.05, 0.1) is 5.69 Å². The fourth-order valence-corrected chi connectivity index (χ4v) is 4.22. The predicted molar refractivity (Wildman–Crippen MR) is 124 cm³/mol. The van der Waals surface area contributed by atoms with Gasteiger partial charge in [0, 0.05) is 52.4 Å². The summed E-state index contributed by atoms with van der Waals surface area (Å²) < 4.78 is 2.26. The molecule has 5 rings (SSSR count). The lowest BCUT2D eigenvalue weighted by atomic mass is 10.1. The van der Waals surface area contributed by atoms with E-state index in [9.17, 15) is 14.4 Å². The summed E-state index contributed by atoms with van der Waals surface area (Å²) in [4.78, 5) is 36.5. The summed E-state index contributed by atoms with van der Waals surface area (Å²) in [6.45, 7) is 2.98. The van der Waals surface area contributed by atoms with Crippen LogP contribution in [0.4, 0.5) is 11.4 Å². The quantitative estimate of drug-likeness (QED) is 0.512. The molecule has 1 aliphatic heterocycles. The van der Waals surface area contributed by atoms with Crippen LogP contribution in [0.25, 0.3) is 21.8 Å². The van der Waals surface area contributed by atoms with Gasteiger partial charge in [0.2, 0.25) is 11.8 Å². The maximum Gasteiger partial charge on any atom is 0.255 e. The molecule has 3 amide bonds. The molecule has 1 aromatic heterocycles.